The van der Waals surface area contributed by atoms with Crippen molar-refractivity contribution in [3.05, 3.63) is 35.5 Å². The second kappa shape index (κ2) is 5.50. The van der Waals surface area contributed by atoms with E-state index in [1.165, 1.54) is 12.1 Å². The van der Waals surface area contributed by atoms with Crippen LogP contribution in [-0.2, 0) is 0 Å². The maximum absolute atomic E-state index is 12.9. The molecule has 5 heteroatoms. The zero-order valence-corrected chi connectivity index (χ0v) is 12.2. The normalized spacial score (nSPS) is 20.4. The van der Waals surface area contributed by atoms with Crippen LogP contribution in [0.4, 0.5) is 9.52 Å². The molecule has 2 atom stereocenters. The van der Waals surface area contributed by atoms with Crippen molar-refractivity contribution in [3.8, 4) is 11.3 Å². The van der Waals surface area contributed by atoms with E-state index in [-0.39, 0.29) is 11.9 Å². The van der Waals surface area contributed by atoms with Crippen LogP contribution in [0.5, 0.6) is 0 Å². The fourth-order valence-corrected chi connectivity index (χ4v) is 3.42. The molecule has 3 rings (SSSR count). The number of anilines is 1. The van der Waals surface area contributed by atoms with Gasteiger partial charge < -0.3 is 10.6 Å². The largest absolute Gasteiger partial charge is 0.348 e. The number of benzene rings is 1. The molecule has 3 nitrogen and oxygen atoms in total. The maximum atomic E-state index is 12.9. The third-order valence-corrected chi connectivity index (χ3v) is 4.77. The minimum atomic E-state index is -0.219. The molecule has 1 aromatic carbocycles. The molecule has 106 valence electrons. The first-order chi connectivity index (χ1) is 9.63. The van der Waals surface area contributed by atoms with Gasteiger partial charge in [0.05, 0.1) is 5.69 Å². The van der Waals surface area contributed by atoms with Crippen LogP contribution in [0.2, 0.25) is 0 Å². The Balaban J connectivity index is 1.76. The molecule has 1 aliphatic rings. The van der Waals surface area contributed by atoms with Crippen LogP contribution in [0, 0.1) is 11.7 Å². The second-order valence-electron chi connectivity index (χ2n) is 5.38. The smallest absolute Gasteiger partial charge is 0.185 e. The molecule has 0 aliphatic carbocycles. The van der Waals surface area contributed by atoms with Gasteiger partial charge in [0, 0.05) is 30.1 Å². The molecule has 1 fully saturated rings. The lowest BCUT2D eigenvalue weighted by Crippen LogP contribution is -2.29. The van der Waals surface area contributed by atoms with Crippen LogP contribution in [0.3, 0.4) is 0 Å². The molecule has 20 heavy (non-hydrogen) atoms. The number of nitrogens with two attached hydrogens (primary N) is 1. The first kappa shape index (κ1) is 13.5. The van der Waals surface area contributed by atoms with Crippen molar-refractivity contribution in [2.75, 3.05) is 18.0 Å². The number of aromatic nitrogens is 1. The van der Waals surface area contributed by atoms with Crippen LogP contribution in [0.1, 0.15) is 13.3 Å². The molecular weight excluding hydrogens is 273 g/mol. The zero-order chi connectivity index (χ0) is 14.1. The molecule has 2 aromatic rings. The molecule has 1 aromatic heterocycles. The van der Waals surface area contributed by atoms with Crippen molar-refractivity contribution < 1.29 is 4.39 Å². The fraction of sp³-hybridized carbons (Fsp3) is 0.400. The Morgan fingerprint density at radius 2 is 2.15 bits per heavy atom. The summed E-state index contributed by atoms with van der Waals surface area (Å²) in [6.45, 7) is 4.07. The SMILES string of the molecule is CC(N)C1CCN(c2nc(-c3ccc(F)cc3)cs2)C1. The number of hydrogen-bond acceptors (Lipinski definition) is 4. The predicted octanol–water partition coefficient (Wildman–Crippen LogP) is 3.12. The van der Waals surface area contributed by atoms with E-state index in [2.05, 4.69) is 16.8 Å². The maximum Gasteiger partial charge on any atom is 0.185 e. The van der Waals surface area contributed by atoms with Crippen LogP contribution >= 0.6 is 11.3 Å². The highest BCUT2D eigenvalue weighted by molar-refractivity contribution is 7.14. The van der Waals surface area contributed by atoms with Crippen LogP contribution in [-0.4, -0.2) is 24.1 Å². The van der Waals surface area contributed by atoms with Gasteiger partial charge in [0.25, 0.3) is 0 Å². The molecule has 1 aliphatic heterocycles. The lowest BCUT2D eigenvalue weighted by molar-refractivity contribution is 0.488. The summed E-state index contributed by atoms with van der Waals surface area (Å²) in [6, 6.07) is 6.70. The Morgan fingerprint density at radius 3 is 2.80 bits per heavy atom. The van der Waals surface area contributed by atoms with Crippen LogP contribution in [0.25, 0.3) is 11.3 Å². The quantitative estimate of drug-likeness (QED) is 0.944. The summed E-state index contributed by atoms with van der Waals surface area (Å²) >= 11 is 1.64. The number of hydrogen-bond donors (Lipinski definition) is 1. The van der Waals surface area contributed by atoms with Gasteiger partial charge in [-0.25, -0.2) is 9.37 Å². The Labute approximate surface area is 122 Å². The lowest BCUT2D eigenvalue weighted by Gasteiger charge is -2.16. The monoisotopic (exact) mass is 291 g/mol. The highest BCUT2D eigenvalue weighted by atomic mass is 32.1. The summed E-state index contributed by atoms with van der Waals surface area (Å²) in [7, 11) is 0. The first-order valence-electron chi connectivity index (χ1n) is 6.85. The molecule has 2 N–H and O–H groups in total. The number of thiazole rings is 1. The highest BCUT2D eigenvalue weighted by Gasteiger charge is 2.26. The van der Waals surface area contributed by atoms with Crippen LogP contribution < -0.4 is 10.6 Å². The minimum Gasteiger partial charge on any atom is -0.348 e. The van der Waals surface area contributed by atoms with Crippen molar-refractivity contribution in [2.45, 2.75) is 19.4 Å². The summed E-state index contributed by atoms with van der Waals surface area (Å²) in [5.41, 5.74) is 7.84. The average Bonchev–Trinajstić information content (AvgIpc) is 3.08. The summed E-state index contributed by atoms with van der Waals surface area (Å²) in [5, 5.41) is 3.06. The van der Waals surface area contributed by atoms with Gasteiger partial charge in [-0.05, 0) is 43.5 Å². The second-order valence-corrected chi connectivity index (χ2v) is 6.21. The number of rotatable bonds is 3. The molecule has 1 saturated heterocycles. The number of halogens is 1. The van der Waals surface area contributed by atoms with E-state index >= 15 is 0 Å². The van der Waals surface area contributed by atoms with Gasteiger partial charge in [-0.15, -0.1) is 11.3 Å². The van der Waals surface area contributed by atoms with Gasteiger partial charge in [-0.1, -0.05) is 0 Å². The predicted molar refractivity (Wildman–Crippen MR) is 81.5 cm³/mol. The Hall–Kier alpha value is -1.46. The Kier molecular flexibility index (Phi) is 3.72. The summed E-state index contributed by atoms with van der Waals surface area (Å²) in [5.74, 6) is 0.330. The van der Waals surface area contributed by atoms with E-state index < -0.39 is 0 Å². The summed E-state index contributed by atoms with van der Waals surface area (Å²) in [4.78, 5) is 6.96. The van der Waals surface area contributed by atoms with Crippen molar-refractivity contribution in [3.63, 3.8) is 0 Å². The summed E-state index contributed by atoms with van der Waals surface area (Å²) in [6.07, 6.45) is 1.13. The molecule has 0 radical (unpaired) electrons. The fourth-order valence-electron chi connectivity index (χ4n) is 2.55. The molecule has 2 unspecified atom stereocenters. The van der Waals surface area contributed by atoms with Crippen molar-refractivity contribution in [2.24, 2.45) is 11.7 Å². The molecule has 0 spiro atoms. The van der Waals surface area contributed by atoms with E-state index in [9.17, 15) is 4.39 Å². The van der Waals surface area contributed by atoms with Gasteiger partial charge in [0.1, 0.15) is 5.82 Å². The zero-order valence-electron chi connectivity index (χ0n) is 11.4. The van der Waals surface area contributed by atoms with Crippen LogP contribution in [0.15, 0.2) is 29.6 Å². The molecule has 0 amide bonds. The highest BCUT2D eigenvalue weighted by Crippen LogP contribution is 2.31. The molecule has 0 bridgehead atoms. The third kappa shape index (κ3) is 2.69. The first-order valence-corrected chi connectivity index (χ1v) is 7.73. The van der Waals surface area contributed by atoms with Gasteiger partial charge in [0.2, 0.25) is 0 Å². The summed E-state index contributed by atoms with van der Waals surface area (Å²) < 4.78 is 12.9. The standard InChI is InChI=1S/C15H18FN3S/c1-10(17)12-6-7-19(8-12)15-18-14(9-20-15)11-2-4-13(16)5-3-11/h2-5,9-10,12H,6-8,17H2,1H3. The van der Waals surface area contributed by atoms with Crippen molar-refractivity contribution in [1.29, 1.82) is 0 Å². The average molecular weight is 291 g/mol. The van der Waals surface area contributed by atoms with Gasteiger partial charge in [-0.3, -0.25) is 0 Å². The molecular formula is C15H18FN3S. The topological polar surface area (TPSA) is 42.1 Å². The molecule has 2 heterocycles. The van der Waals surface area contributed by atoms with E-state index in [1.807, 2.05) is 5.38 Å². The van der Waals surface area contributed by atoms with Crippen molar-refractivity contribution in [1.82, 2.24) is 4.98 Å². The Morgan fingerprint density at radius 1 is 1.40 bits per heavy atom. The minimum absolute atomic E-state index is 0.219. The molecule has 0 saturated carbocycles. The van der Waals surface area contributed by atoms with Gasteiger partial charge in [0.15, 0.2) is 5.13 Å². The van der Waals surface area contributed by atoms with Gasteiger partial charge in [-0.2, -0.15) is 0 Å². The lowest BCUT2D eigenvalue weighted by atomic mass is 10.0. The van der Waals surface area contributed by atoms with Gasteiger partial charge >= 0.3 is 0 Å². The number of nitrogens with zero attached hydrogens (tertiary/aromatic N) is 2. The van der Waals surface area contributed by atoms with E-state index in [4.69, 9.17) is 5.73 Å². The van der Waals surface area contributed by atoms with E-state index in [1.54, 1.807) is 23.5 Å². The third-order valence-electron chi connectivity index (χ3n) is 3.87. The van der Waals surface area contributed by atoms with E-state index in [0.717, 1.165) is 35.9 Å². The van der Waals surface area contributed by atoms with E-state index in [0.29, 0.717) is 5.92 Å². The Bertz CT molecular complexity index is 579. The van der Waals surface area contributed by atoms with Crippen molar-refractivity contribution >= 4 is 16.5 Å².